The first-order valence-electron chi connectivity index (χ1n) is 7.61. The number of nitrogens with zero attached hydrogens (tertiary/aromatic N) is 1. The lowest BCUT2D eigenvalue weighted by molar-refractivity contribution is -0.107. The van der Waals surface area contributed by atoms with E-state index < -0.39 is 0 Å². The van der Waals surface area contributed by atoms with Gasteiger partial charge in [-0.15, -0.1) is 0 Å². The molecule has 106 valence electrons. The second kappa shape index (κ2) is 4.69. The molecular formula is C18H17NO2. The Kier molecular flexibility index (Phi) is 2.81. The summed E-state index contributed by atoms with van der Waals surface area (Å²) in [5, 5.41) is 1.04. The van der Waals surface area contributed by atoms with Crippen LogP contribution in [-0.2, 0) is 11.2 Å². The lowest BCUT2D eigenvalue weighted by Gasteiger charge is -2.30. The Labute approximate surface area is 123 Å². The summed E-state index contributed by atoms with van der Waals surface area (Å²) in [4.78, 5) is 23.7. The third kappa shape index (κ3) is 1.73. The fourth-order valence-corrected chi connectivity index (χ4v) is 3.91. The SMILES string of the molecule is O=CCc1c2n(c3ccccc13)C(=O)CC1CCCC=C21. The molecule has 0 saturated heterocycles. The first-order chi connectivity index (χ1) is 10.3. The minimum absolute atomic E-state index is 0.169. The molecule has 0 N–H and O–H groups in total. The Morgan fingerprint density at radius 2 is 2.14 bits per heavy atom. The van der Waals surface area contributed by atoms with Crippen LogP contribution in [0.15, 0.2) is 30.3 Å². The van der Waals surface area contributed by atoms with Crippen molar-refractivity contribution in [2.24, 2.45) is 5.92 Å². The van der Waals surface area contributed by atoms with E-state index in [0.29, 0.717) is 18.8 Å². The van der Waals surface area contributed by atoms with Crippen molar-refractivity contribution in [3.63, 3.8) is 0 Å². The molecule has 2 heterocycles. The summed E-state index contributed by atoms with van der Waals surface area (Å²) in [5.41, 5.74) is 4.25. The van der Waals surface area contributed by atoms with Crippen LogP contribution in [0.4, 0.5) is 0 Å². The van der Waals surface area contributed by atoms with Crippen LogP contribution in [0.3, 0.4) is 0 Å². The number of carbonyl (C=O) groups excluding carboxylic acids is 2. The van der Waals surface area contributed by atoms with Gasteiger partial charge >= 0.3 is 0 Å². The van der Waals surface area contributed by atoms with Crippen molar-refractivity contribution in [2.45, 2.75) is 32.1 Å². The maximum absolute atomic E-state index is 12.6. The highest BCUT2D eigenvalue weighted by Gasteiger charge is 2.34. The molecule has 0 amide bonds. The lowest BCUT2D eigenvalue weighted by Crippen LogP contribution is -2.27. The van der Waals surface area contributed by atoms with E-state index in [1.54, 1.807) is 0 Å². The van der Waals surface area contributed by atoms with Crippen LogP contribution < -0.4 is 0 Å². The summed E-state index contributed by atoms with van der Waals surface area (Å²) >= 11 is 0. The van der Waals surface area contributed by atoms with Crippen LogP contribution in [0.2, 0.25) is 0 Å². The van der Waals surface area contributed by atoms with Crippen molar-refractivity contribution in [3.05, 3.63) is 41.6 Å². The number of benzene rings is 1. The zero-order chi connectivity index (χ0) is 14.4. The normalized spacial score (nSPS) is 20.9. The largest absolute Gasteiger partial charge is 0.303 e. The molecule has 4 rings (SSSR count). The Hall–Kier alpha value is -2.16. The van der Waals surface area contributed by atoms with E-state index in [2.05, 4.69) is 6.08 Å². The summed E-state index contributed by atoms with van der Waals surface area (Å²) in [6.45, 7) is 0. The van der Waals surface area contributed by atoms with Gasteiger partial charge in [0.1, 0.15) is 6.29 Å². The number of hydrogen-bond donors (Lipinski definition) is 0. The highest BCUT2D eigenvalue weighted by atomic mass is 16.2. The van der Waals surface area contributed by atoms with E-state index in [0.717, 1.165) is 47.7 Å². The van der Waals surface area contributed by atoms with Crippen LogP contribution in [-0.4, -0.2) is 16.8 Å². The standard InChI is InChI=1S/C18H17NO2/c20-10-9-15-14-7-3-4-8-16(14)19-17(21)11-12-5-1-2-6-13(12)18(15)19/h3-4,6-8,10,12H,1-2,5,9,11H2. The van der Waals surface area contributed by atoms with Crippen molar-refractivity contribution in [1.82, 2.24) is 4.57 Å². The van der Waals surface area contributed by atoms with Gasteiger partial charge in [-0.25, -0.2) is 0 Å². The van der Waals surface area contributed by atoms with Crippen molar-refractivity contribution in [2.75, 3.05) is 0 Å². The number of aldehydes is 1. The molecule has 3 nitrogen and oxygen atoms in total. The third-order valence-electron chi connectivity index (χ3n) is 4.77. The summed E-state index contributed by atoms with van der Waals surface area (Å²) in [7, 11) is 0. The molecule has 3 heteroatoms. The molecule has 0 radical (unpaired) electrons. The average Bonchev–Trinajstić information content (AvgIpc) is 2.84. The van der Waals surface area contributed by atoms with Gasteiger partial charge < -0.3 is 4.79 Å². The van der Waals surface area contributed by atoms with Crippen LogP contribution in [0.5, 0.6) is 0 Å². The Balaban J connectivity index is 2.09. The number of allylic oxidation sites excluding steroid dienone is 2. The van der Waals surface area contributed by atoms with Crippen molar-refractivity contribution >= 4 is 28.7 Å². The molecule has 1 aliphatic heterocycles. The van der Waals surface area contributed by atoms with Crippen molar-refractivity contribution in [1.29, 1.82) is 0 Å². The number of aromatic nitrogens is 1. The minimum Gasteiger partial charge on any atom is -0.303 e. The van der Waals surface area contributed by atoms with Gasteiger partial charge in [-0.2, -0.15) is 0 Å². The fourth-order valence-electron chi connectivity index (χ4n) is 3.91. The van der Waals surface area contributed by atoms with Gasteiger partial charge in [0, 0.05) is 18.2 Å². The van der Waals surface area contributed by atoms with Gasteiger partial charge in [0.25, 0.3) is 0 Å². The van der Waals surface area contributed by atoms with Gasteiger partial charge in [0.15, 0.2) is 0 Å². The maximum atomic E-state index is 12.6. The first kappa shape index (κ1) is 12.6. The van der Waals surface area contributed by atoms with E-state index in [1.807, 2.05) is 28.8 Å². The Bertz CT molecular complexity index is 782. The van der Waals surface area contributed by atoms with E-state index in [4.69, 9.17) is 0 Å². The van der Waals surface area contributed by atoms with E-state index >= 15 is 0 Å². The van der Waals surface area contributed by atoms with Crippen LogP contribution in [0.1, 0.15) is 41.7 Å². The molecule has 0 bridgehead atoms. The predicted octanol–water partition coefficient (Wildman–Crippen LogP) is 3.61. The molecular weight excluding hydrogens is 262 g/mol. The monoisotopic (exact) mass is 279 g/mol. The van der Waals surface area contributed by atoms with Crippen LogP contribution >= 0.6 is 0 Å². The van der Waals surface area contributed by atoms with Crippen LogP contribution in [0.25, 0.3) is 16.5 Å². The Morgan fingerprint density at radius 3 is 3.00 bits per heavy atom. The number of carbonyl (C=O) groups is 2. The summed E-state index contributed by atoms with van der Waals surface area (Å²) in [5.74, 6) is 0.510. The Morgan fingerprint density at radius 1 is 1.29 bits per heavy atom. The fraction of sp³-hybridized carbons (Fsp3) is 0.333. The summed E-state index contributed by atoms with van der Waals surface area (Å²) in [6.07, 6.45) is 7.50. The molecule has 1 atom stereocenters. The number of hydrogen-bond acceptors (Lipinski definition) is 2. The zero-order valence-electron chi connectivity index (χ0n) is 11.8. The summed E-state index contributed by atoms with van der Waals surface area (Å²) < 4.78 is 1.85. The second-order valence-electron chi connectivity index (χ2n) is 5.94. The molecule has 21 heavy (non-hydrogen) atoms. The van der Waals surface area contributed by atoms with E-state index in [-0.39, 0.29) is 5.91 Å². The van der Waals surface area contributed by atoms with Crippen molar-refractivity contribution < 1.29 is 9.59 Å². The van der Waals surface area contributed by atoms with Gasteiger partial charge in [-0.05, 0) is 42.4 Å². The topological polar surface area (TPSA) is 39.1 Å². The predicted molar refractivity (Wildman–Crippen MR) is 82.3 cm³/mol. The smallest absolute Gasteiger partial charge is 0.232 e. The highest BCUT2D eigenvalue weighted by Crippen LogP contribution is 2.43. The maximum Gasteiger partial charge on any atom is 0.232 e. The molecule has 0 saturated carbocycles. The third-order valence-corrected chi connectivity index (χ3v) is 4.77. The zero-order valence-corrected chi connectivity index (χ0v) is 11.8. The molecule has 1 unspecified atom stereocenters. The van der Waals surface area contributed by atoms with Gasteiger partial charge in [-0.3, -0.25) is 9.36 Å². The molecule has 2 aliphatic rings. The molecule has 0 spiro atoms. The van der Waals surface area contributed by atoms with E-state index in [9.17, 15) is 9.59 Å². The molecule has 0 fully saturated rings. The lowest BCUT2D eigenvalue weighted by atomic mass is 9.80. The highest BCUT2D eigenvalue weighted by molar-refractivity contribution is 6.03. The summed E-state index contributed by atoms with van der Waals surface area (Å²) in [6, 6.07) is 7.93. The second-order valence-corrected chi connectivity index (χ2v) is 5.94. The number of fused-ring (bicyclic) bond motifs is 5. The van der Waals surface area contributed by atoms with Gasteiger partial charge in [-0.1, -0.05) is 24.3 Å². The molecule has 1 aliphatic carbocycles. The number of rotatable bonds is 2. The van der Waals surface area contributed by atoms with Crippen LogP contribution in [0, 0.1) is 5.92 Å². The molecule has 2 aromatic rings. The van der Waals surface area contributed by atoms with E-state index in [1.165, 1.54) is 5.57 Å². The van der Waals surface area contributed by atoms with Gasteiger partial charge in [0.2, 0.25) is 5.91 Å². The number of para-hydroxylation sites is 1. The quantitative estimate of drug-likeness (QED) is 0.788. The molecule has 1 aromatic carbocycles. The average molecular weight is 279 g/mol. The molecule has 1 aromatic heterocycles. The first-order valence-corrected chi connectivity index (χ1v) is 7.61. The van der Waals surface area contributed by atoms with Crippen molar-refractivity contribution in [3.8, 4) is 0 Å². The minimum atomic E-state index is 0.169. The van der Waals surface area contributed by atoms with Gasteiger partial charge in [0.05, 0.1) is 11.2 Å².